The van der Waals surface area contributed by atoms with Crippen molar-refractivity contribution in [3.63, 3.8) is 0 Å². The van der Waals surface area contributed by atoms with Gasteiger partial charge in [-0.1, -0.05) is 18.2 Å². The Kier molecular flexibility index (Phi) is 5.00. The fraction of sp³-hybridized carbons (Fsp3) is 0.250. The van der Waals surface area contributed by atoms with E-state index in [1.807, 2.05) is 24.4 Å². The van der Waals surface area contributed by atoms with E-state index in [2.05, 4.69) is 16.4 Å². The molecule has 2 aromatic rings. The van der Waals surface area contributed by atoms with Gasteiger partial charge in [0.05, 0.1) is 0 Å². The number of aromatic nitrogens is 1. The summed E-state index contributed by atoms with van der Waals surface area (Å²) in [6.45, 7) is 0.594. The number of primary amides is 1. The minimum absolute atomic E-state index is 0. The van der Waals surface area contributed by atoms with E-state index < -0.39 is 5.91 Å². The Balaban J connectivity index is 0.00000176. The highest BCUT2D eigenvalue weighted by atomic mass is 35.5. The molecule has 1 saturated carbocycles. The molecule has 1 fully saturated rings. The number of rotatable bonds is 5. The quantitative estimate of drug-likeness (QED) is 0.786. The number of nitrogens with zero attached hydrogens (tertiary/aromatic N) is 1. The fourth-order valence-electron chi connectivity index (χ4n) is 2.35. The lowest BCUT2D eigenvalue weighted by molar-refractivity contribution is 0.1000. The number of carbonyl (C=O) groups is 1. The van der Waals surface area contributed by atoms with Crippen molar-refractivity contribution < 1.29 is 4.79 Å². The molecule has 6 heteroatoms. The molecule has 5 N–H and O–H groups in total. The Labute approximate surface area is 135 Å². The molecule has 5 nitrogen and oxygen atoms in total. The van der Waals surface area contributed by atoms with Gasteiger partial charge in [-0.05, 0) is 35.7 Å². The summed E-state index contributed by atoms with van der Waals surface area (Å²) in [4.78, 5) is 15.5. The topological polar surface area (TPSA) is 94.0 Å². The molecule has 1 aromatic carbocycles. The normalized spacial score (nSPS) is 19.1. The van der Waals surface area contributed by atoms with Crippen LogP contribution in [0.3, 0.4) is 0 Å². The summed E-state index contributed by atoms with van der Waals surface area (Å²) in [5.74, 6) is 0.858. The Morgan fingerprint density at radius 1 is 1.32 bits per heavy atom. The predicted molar refractivity (Wildman–Crippen MR) is 89.1 cm³/mol. The highest BCUT2D eigenvalue weighted by Gasteiger charge is 2.34. The maximum atomic E-state index is 11.1. The van der Waals surface area contributed by atoms with Crippen LogP contribution in [0.25, 0.3) is 0 Å². The highest BCUT2D eigenvalue weighted by Crippen LogP contribution is 2.38. The summed E-state index contributed by atoms with van der Waals surface area (Å²) in [5.41, 5.74) is 13.8. The summed E-state index contributed by atoms with van der Waals surface area (Å²) in [6.07, 6.45) is 2.92. The van der Waals surface area contributed by atoms with E-state index in [4.69, 9.17) is 11.5 Å². The second-order valence-corrected chi connectivity index (χ2v) is 5.40. The predicted octanol–water partition coefficient (Wildman–Crippen LogP) is 2.03. The molecule has 1 aliphatic rings. The number of pyridine rings is 1. The number of hydrogen-bond donors (Lipinski definition) is 3. The molecule has 1 aromatic heterocycles. The average Bonchev–Trinajstić information content (AvgIpc) is 3.23. The molecule has 0 saturated heterocycles. The van der Waals surface area contributed by atoms with Crippen molar-refractivity contribution in [1.82, 2.24) is 4.98 Å². The number of nitrogens with one attached hydrogen (secondary N) is 1. The summed E-state index contributed by atoms with van der Waals surface area (Å²) in [7, 11) is 0. The SMILES string of the molecule is Cl.NC(=O)c1cccc(CNc2ccc([C@H]3C[C@@H]3N)cn2)c1. The highest BCUT2D eigenvalue weighted by molar-refractivity contribution is 5.92. The first-order valence-electron chi connectivity index (χ1n) is 6.97. The van der Waals surface area contributed by atoms with Crippen LogP contribution >= 0.6 is 12.4 Å². The van der Waals surface area contributed by atoms with Crippen LogP contribution in [0, 0.1) is 0 Å². The van der Waals surface area contributed by atoms with E-state index >= 15 is 0 Å². The number of carbonyl (C=O) groups excluding carboxylic acids is 1. The molecular formula is C16H19ClN4O. The zero-order chi connectivity index (χ0) is 14.8. The zero-order valence-electron chi connectivity index (χ0n) is 12.0. The molecule has 0 aliphatic heterocycles. The van der Waals surface area contributed by atoms with Crippen molar-refractivity contribution in [2.75, 3.05) is 5.32 Å². The van der Waals surface area contributed by atoms with Crippen LogP contribution in [0.5, 0.6) is 0 Å². The summed E-state index contributed by atoms with van der Waals surface area (Å²) in [5, 5.41) is 3.23. The smallest absolute Gasteiger partial charge is 0.248 e. The van der Waals surface area contributed by atoms with Crippen molar-refractivity contribution in [2.45, 2.75) is 24.9 Å². The van der Waals surface area contributed by atoms with E-state index in [0.29, 0.717) is 24.1 Å². The molecule has 0 bridgehead atoms. The number of benzene rings is 1. The van der Waals surface area contributed by atoms with Gasteiger partial charge in [0.15, 0.2) is 0 Å². The lowest BCUT2D eigenvalue weighted by Crippen LogP contribution is -2.11. The van der Waals surface area contributed by atoms with Crippen LogP contribution in [0.1, 0.15) is 33.8 Å². The van der Waals surface area contributed by atoms with Crippen molar-refractivity contribution in [3.05, 3.63) is 59.3 Å². The van der Waals surface area contributed by atoms with Crippen LogP contribution in [-0.4, -0.2) is 16.9 Å². The fourth-order valence-corrected chi connectivity index (χ4v) is 2.35. The van der Waals surface area contributed by atoms with Gasteiger partial charge in [-0.25, -0.2) is 4.98 Å². The minimum atomic E-state index is -0.417. The first kappa shape index (κ1) is 16.3. The number of anilines is 1. The number of nitrogens with two attached hydrogens (primary N) is 2. The second kappa shape index (κ2) is 6.77. The van der Waals surface area contributed by atoms with Gasteiger partial charge in [-0.3, -0.25) is 4.79 Å². The summed E-state index contributed by atoms with van der Waals surface area (Å²) >= 11 is 0. The van der Waals surface area contributed by atoms with Gasteiger partial charge in [0.2, 0.25) is 5.91 Å². The number of amides is 1. The molecule has 0 radical (unpaired) electrons. The van der Waals surface area contributed by atoms with Gasteiger partial charge in [0, 0.05) is 30.3 Å². The van der Waals surface area contributed by atoms with Gasteiger partial charge in [0.25, 0.3) is 0 Å². The van der Waals surface area contributed by atoms with Crippen LogP contribution in [0.4, 0.5) is 5.82 Å². The van der Waals surface area contributed by atoms with Gasteiger partial charge in [0.1, 0.15) is 5.82 Å². The van der Waals surface area contributed by atoms with Gasteiger partial charge in [-0.15, -0.1) is 12.4 Å². The Hall–Kier alpha value is -2.11. The number of hydrogen-bond acceptors (Lipinski definition) is 4. The third-order valence-electron chi connectivity index (χ3n) is 3.74. The van der Waals surface area contributed by atoms with Crippen LogP contribution in [0.15, 0.2) is 42.6 Å². The molecular weight excluding hydrogens is 300 g/mol. The van der Waals surface area contributed by atoms with Gasteiger partial charge < -0.3 is 16.8 Å². The zero-order valence-corrected chi connectivity index (χ0v) is 12.8. The molecule has 1 aliphatic carbocycles. The Bertz CT molecular complexity index is 659. The van der Waals surface area contributed by atoms with Crippen molar-refractivity contribution >= 4 is 24.1 Å². The summed E-state index contributed by atoms with van der Waals surface area (Å²) in [6, 6.07) is 11.6. The molecule has 1 amide bonds. The largest absolute Gasteiger partial charge is 0.366 e. The van der Waals surface area contributed by atoms with Gasteiger partial charge >= 0.3 is 0 Å². The Morgan fingerprint density at radius 3 is 2.68 bits per heavy atom. The second-order valence-electron chi connectivity index (χ2n) is 5.40. The van der Waals surface area contributed by atoms with E-state index in [0.717, 1.165) is 17.8 Å². The molecule has 116 valence electrons. The van der Waals surface area contributed by atoms with Crippen molar-refractivity contribution in [1.29, 1.82) is 0 Å². The first-order chi connectivity index (χ1) is 10.1. The molecule has 1 heterocycles. The molecule has 3 rings (SSSR count). The van der Waals surface area contributed by atoms with Crippen LogP contribution < -0.4 is 16.8 Å². The van der Waals surface area contributed by atoms with E-state index in [1.54, 1.807) is 12.1 Å². The molecule has 22 heavy (non-hydrogen) atoms. The third-order valence-corrected chi connectivity index (χ3v) is 3.74. The third kappa shape index (κ3) is 3.75. The van der Waals surface area contributed by atoms with Crippen LogP contribution in [0.2, 0.25) is 0 Å². The molecule has 0 unspecified atom stereocenters. The lowest BCUT2D eigenvalue weighted by atomic mass is 10.1. The van der Waals surface area contributed by atoms with Crippen molar-refractivity contribution in [3.8, 4) is 0 Å². The van der Waals surface area contributed by atoms with Gasteiger partial charge in [-0.2, -0.15) is 0 Å². The standard InChI is InChI=1S/C16H18N4O.ClH/c17-14-7-13(14)12-4-5-15(20-9-12)19-8-10-2-1-3-11(6-10)16(18)21;/h1-6,9,13-14H,7-8,17H2,(H2,18,21)(H,19,20);1H/t13-,14+;/m1./s1. The van der Waals surface area contributed by atoms with Crippen LogP contribution in [-0.2, 0) is 6.54 Å². The molecule has 0 spiro atoms. The lowest BCUT2D eigenvalue weighted by Gasteiger charge is -2.07. The average molecular weight is 319 g/mol. The van der Waals surface area contributed by atoms with E-state index in [-0.39, 0.29) is 12.4 Å². The maximum absolute atomic E-state index is 11.1. The maximum Gasteiger partial charge on any atom is 0.248 e. The first-order valence-corrected chi connectivity index (χ1v) is 6.97. The molecule has 2 atom stereocenters. The minimum Gasteiger partial charge on any atom is -0.366 e. The van der Waals surface area contributed by atoms with Crippen molar-refractivity contribution in [2.24, 2.45) is 11.5 Å². The van der Waals surface area contributed by atoms with E-state index in [1.165, 1.54) is 5.56 Å². The Morgan fingerprint density at radius 2 is 2.09 bits per heavy atom. The van der Waals surface area contributed by atoms with E-state index in [9.17, 15) is 4.79 Å². The summed E-state index contributed by atoms with van der Waals surface area (Å²) < 4.78 is 0. The monoisotopic (exact) mass is 318 g/mol. The number of halogens is 1.